The second kappa shape index (κ2) is 8.33. The summed E-state index contributed by atoms with van der Waals surface area (Å²) in [5.41, 5.74) is 6.37. The largest absolute Gasteiger partial charge is 0.493 e. The third kappa shape index (κ3) is 3.52. The molecule has 3 aromatic rings. The van der Waals surface area contributed by atoms with Gasteiger partial charge in [0.05, 0.1) is 27.4 Å². The van der Waals surface area contributed by atoms with Gasteiger partial charge in [0.1, 0.15) is 0 Å². The van der Waals surface area contributed by atoms with Crippen LogP contribution in [0.5, 0.6) is 17.2 Å². The average molecular weight is 403 g/mol. The van der Waals surface area contributed by atoms with Crippen molar-refractivity contribution in [2.24, 2.45) is 0 Å². The van der Waals surface area contributed by atoms with Crippen LogP contribution in [-0.4, -0.2) is 32.9 Å². The highest BCUT2D eigenvalue weighted by Gasteiger charge is 2.25. The molecule has 1 atom stereocenters. The van der Waals surface area contributed by atoms with Crippen LogP contribution >= 0.6 is 12.4 Å². The Morgan fingerprint density at radius 3 is 2.36 bits per heavy atom. The number of H-pyrrole nitrogens is 1. The molecule has 4 rings (SSSR count). The van der Waals surface area contributed by atoms with Crippen LogP contribution in [0.1, 0.15) is 28.4 Å². The lowest BCUT2D eigenvalue weighted by molar-refractivity contribution is 0.323. The van der Waals surface area contributed by atoms with Crippen LogP contribution in [0.2, 0.25) is 0 Å². The van der Waals surface area contributed by atoms with Crippen molar-refractivity contribution in [3.8, 4) is 17.2 Å². The zero-order valence-corrected chi connectivity index (χ0v) is 17.5. The molecule has 150 valence electrons. The van der Waals surface area contributed by atoms with E-state index in [1.807, 2.05) is 12.1 Å². The number of hydrogen-bond acceptors (Lipinski definition) is 4. The number of hydrogen-bond donors (Lipinski definition) is 2. The number of fused-ring (bicyclic) bond motifs is 3. The van der Waals surface area contributed by atoms with Gasteiger partial charge in [0.15, 0.2) is 11.5 Å². The fourth-order valence-corrected chi connectivity index (χ4v) is 4.09. The Bertz CT molecular complexity index is 958. The number of nitrogens with one attached hydrogen (secondary N) is 2. The predicted octanol–water partition coefficient (Wildman–Crippen LogP) is 4.35. The van der Waals surface area contributed by atoms with E-state index in [1.165, 1.54) is 27.7 Å². The number of aromatic nitrogens is 1. The highest BCUT2D eigenvalue weighted by Crippen LogP contribution is 2.40. The van der Waals surface area contributed by atoms with Crippen molar-refractivity contribution in [3.63, 3.8) is 0 Å². The summed E-state index contributed by atoms with van der Waals surface area (Å²) < 4.78 is 16.5. The number of aryl methyl sites for hydroxylation is 1. The summed E-state index contributed by atoms with van der Waals surface area (Å²) in [6.07, 6.45) is 1.89. The van der Waals surface area contributed by atoms with Crippen molar-refractivity contribution >= 4 is 23.3 Å². The van der Waals surface area contributed by atoms with E-state index in [0.29, 0.717) is 17.2 Å². The minimum atomic E-state index is 0. The summed E-state index contributed by atoms with van der Waals surface area (Å²) in [6.45, 7) is 3.12. The maximum absolute atomic E-state index is 5.51. The van der Waals surface area contributed by atoms with Gasteiger partial charge in [-0.15, -0.1) is 12.4 Å². The van der Waals surface area contributed by atoms with Gasteiger partial charge in [0.2, 0.25) is 5.75 Å². The van der Waals surface area contributed by atoms with Gasteiger partial charge in [-0.05, 0) is 61.7 Å². The molecule has 0 fully saturated rings. The van der Waals surface area contributed by atoms with E-state index in [0.717, 1.165) is 24.9 Å². The van der Waals surface area contributed by atoms with Gasteiger partial charge < -0.3 is 24.5 Å². The smallest absolute Gasteiger partial charge is 0.203 e. The first-order valence-corrected chi connectivity index (χ1v) is 9.28. The monoisotopic (exact) mass is 402 g/mol. The molecule has 6 heteroatoms. The molecule has 2 aromatic carbocycles. The fourth-order valence-electron chi connectivity index (χ4n) is 4.09. The lowest BCUT2D eigenvalue weighted by Crippen LogP contribution is -2.31. The Hall–Kier alpha value is -2.37. The van der Waals surface area contributed by atoms with Crippen LogP contribution < -0.4 is 19.5 Å². The van der Waals surface area contributed by atoms with E-state index in [9.17, 15) is 0 Å². The molecule has 0 aliphatic carbocycles. The van der Waals surface area contributed by atoms with E-state index in [4.69, 9.17) is 14.2 Å². The molecule has 0 saturated carbocycles. The zero-order chi connectivity index (χ0) is 19.0. The third-order valence-electron chi connectivity index (χ3n) is 5.37. The quantitative estimate of drug-likeness (QED) is 0.666. The molecule has 28 heavy (non-hydrogen) atoms. The van der Waals surface area contributed by atoms with Gasteiger partial charge in [0.25, 0.3) is 0 Å². The van der Waals surface area contributed by atoms with Crippen molar-refractivity contribution in [2.75, 3.05) is 27.9 Å². The number of rotatable bonds is 5. The van der Waals surface area contributed by atoms with Crippen LogP contribution in [0.3, 0.4) is 0 Å². The minimum Gasteiger partial charge on any atom is -0.493 e. The van der Waals surface area contributed by atoms with E-state index < -0.39 is 0 Å². The number of ether oxygens (including phenoxy) is 3. The summed E-state index contributed by atoms with van der Waals surface area (Å²) in [5, 5.41) is 5.01. The Balaban J connectivity index is 0.00000225. The van der Waals surface area contributed by atoms with Crippen LogP contribution in [0.4, 0.5) is 0 Å². The van der Waals surface area contributed by atoms with Gasteiger partial charge in [-0.3, -0.25) is 0 Å². The van der Waals surface area contributed by atoms with Crippen LogP contribution in [0.25, 0.3) is 10.9 Å². The predicted molar refractivity (Wildman–Crippen MR) is 115 cm³/mol. The molecule has 2 N–H and O–H groups in total. The average Bonchev–Trinajstić information content (AvgIpc) is 3.06. The van der Waals surface area contributed by atoms with Crippen LogP contribution in [0.15, 0.2) is 30.3 Å². The summed E-state index contributed by atoms with van der Waals surface area (Å²) >= 11 is 0. The number of methoxy groups -OCH3 is 3. The van der Waals surface area contributed by atoms with E-state index in [1.54, 1.807) is 21.3 Å². The number of benzene rings is 2. The SMILES string of the molecule is COc1cc(CC2NCCc3c2[nH]c2ccc(C)cc32)cc(OC)c1OC.Cl. The van der Waals surface area contributed by atoms with Gasteiger partial charge in [-0.25, -0.2) is 0 Å². The Labute approximate surface area is 171 Å². The Morgan fingerprint density at radius 2 is 1.71 bits per heavy atom. The summed E-state index contributed by atoms with van der Waals surface area (Å²) in [4.78, 5) is 3.64. The fraction of sp³-hybridized carbons (Fsp3) is 0.364. The standard InChI is InChI=1S/C22H26N2O3.ClH/c1-13-5-6-17-16(9-13)15-7-8-23-18(21(15)24-17)10-14-11-19(25-2)22(27-4)20(12-14)26-3;/h5-6,9,11-12,18,23-24H,7-8,10H2,1-4H3;1H. The van der Waals surface area contributed by atoms with Gasteiger partial charge in [0, 0.05) is 16.6 Å². The van der Waals surface area contributed by atoms with Crippen molar-refractivity contribution in [1.29, 1.82) is 0 Å². The first-order valence-electron chi connectivity index (χ1n) is 9.28. The maximum Gasteiger partial charge on any atom is 0.203 e. The second-order valence-electron chi connectivity index (χ2n) is 7.06. The molecule has 1 aliphatic rings. The molecule has 5 nitrogen and oxygen atoms in total. The van der Waals surface area contributed by atoms with E-state index in [-0.39, 0.29) is 18.4 Å². The summed E-state index contributed by atoms with van der Waals surface area (Å²) in [5.74, 6) is 2.01. The Kier molecular flexibility index (Phi) is 6.06. The first-order chi connectivity index (χ1) is 13.1. The molecule has 1 unspecified atom stereocenters. The molecule has 0 amide bonds. The lowest BCUT2D eigenvalue weighted by Gasteiger charge is -2.25. The number of halogens is 1. The van der Waals surface area contributed by atoms with E-state index >= 15 is 0 Å². The van der Waals surface area contributed by atoms with Crippen molar-refractivity contribution in [2.45, 2.75) is 25.8 Å². The topological polar surface area (TPSA) is 55.5 Å². The first kappa shape index (κ1) is 20.4. The second-order valence-corrected chi connectivity index (χ2v) is 7.06. The molecule has 0 bridgehead atoms. The molecule has 0 spiro atoms. The highest BCUT2D eigenvalue weighted by molar-refractivity contribution is 5.86. The highest BCUT2D eigenvalue weighted by atomic mass is 35.5. The minimum absolute atomic E-state index is 0. The normalized spacial score (nSPS) is 15.6. The molecule has 1 aromatic heterocycles. The third-order valence-corrected chi connectivity index (χ3v) is 5.37. The van der Waals surface area contributed by atoms with Gasteiger partial charge >= 0.3 is 0 Å². The van der Waals surface area contributed by atoms with Crippen molar-refractivity contribution in [1.82, 2.24) is 10.3 Å². The van der Waals surface area contributed by atoms with Crippen molar-refractivity contribution < 1.29 is 14.2 Å². The molecule has 0 saturated heterocycles. The Morgan fingerprint density at radius 1 is 1.00 bits per heavy atom. The van der Waals surface area contributed by atoms with Gasteiger partial charge in [-0.2, -0.15) is 0 Å². The van der Waals surface area contributed by atoms with Crippen molar-refractivity contribution in [3.05, 3.63) is 52.7 Å². The lowest BCUT2D eigenvalue weighted by atomic mass is 9.94. The zero-order valence-electron chi connectivity index (χ0n) is 16.7. The molecular formula is C22H27ClN2O3. The van der Waals surface area contributed by atoms with Crippen LogP contribution in [0, 0.1) is 6.92 Å². The molecular weight excluding hydrogens is 376 g/mol. The molecule has 1 aliphatic heterocycles. The number of aromatic amines is 1. The molecule has 0 radical (unpaired) electrons. The summed E-state index contributed by atoms with van der Waals surface area (Å²) in [6, 6.07) is 10.9. The van der Waals surface area contributed by atoms with Crippen LogP contribution in [-0.2, 0) is 12.8 Å². The maximum atomic E-state index is 5.51. The van der Waals surface area contributed by atoms with Gasteiger partial charge in [-0.1, -0.05) is 11.6 Å². The summed E-state index contributed by atoms with van der Waals surface area (Å²) in [7, 11) is 4.93. The molecule has 2 heterocycles. The van der Waals surface area contributed by atoms with E-state index in [2.05, 4.69) is 35.4 Å².